The Labute approximate surface area is 128 Å². The summed E-state index contributed by atoms with van der Waals surface area (Å²) in [4.78, 5) is 14.7. The van der Waals surface area contributed by atoms with E-state index in [2.05, 4.69) is 11.1 Å². The molecule has 5 nitrogen and oxygen atoms in total. The lowest BCUT2D eigenvalue weighted by atomic mass is 9.84. The highest BCUT2D eigenvalue weighted by molar-refractivity contribution is 5.90. The zero-order chi connectivity index (χ0) is 15.7. The molecule has 1 aromatic carbocycles. The van der Waals surface area contributed by atoms with Crippen molar-refractivity contribution in [3.63, 3.8) is 0 Å². The summed E-state index contributed by atoms with van der Waals surface area (Å²) in [7, 11) is 0. The Balaban J connectivity index is 2.25. The second kappa shape index (κ2) is 5.47. The lowest BCUT2D eigenvalue weighted by Gasteiger charge is -2.36. The van der Waals surface area contributed by atoms with Crippen LogP contribution in [0.5, 0.6) is 0 Å². The number of rotatable bonds is 4. The van der Waals surface area contributed by atoms with E-state index < -0.39 is 11.6 Å². The van der Waals surface area contributed by atoms with E-state index >= 15 is 0 Å². The van der Waals surface area contributed by atoms with Crippen molar-refractivity contribution in [1.82, 2.24) is 4.98 Å². The average Bonchev–Trinajstić information content (AvgIpc) is 2.87. The monoisotopic (exact) mass is 298 g/mol. The van der Waals surface area contributed by atoms with Gasteiger partial charge in [-0.15, -0.1) is 0 Å². The van der Waals surface area contributed by atoms with Crippen molar-refractivity contribution in [3.8, 4) is 6.07 Å². The first-order valence-corrected chi connectivity index (χ1v) is 7.51. The summed E-state index contributed by atoms with van der Waals surface area (Å²) in [6.07, 6.45) is 2.09. The van der Waals surface area contributed by atoms with Crippen LogP contribution in [0.1, 0.15) is 43.0 Å². The van der Waals surface area contributed by atoms with Crippen LogP contribution < -0.4 is 0 Å². The molecule has 1 aliphatic heterocycles. The van der Waals surface area contributed by atoms with Gasteiger partial charge in [0.2, 0.25) is 0 Å². The van der Waals surface area contributed by atoms with E-state index in [4.69, 9.17) is 4.74 Å². The van der Waals surface area contributed by atoms with Gasteiger partial charge in [-0.25, -0.2) is 0 Å². The van der Waals surface area contributed by atoms with Gasteiger partial charge in [-0.1, -0.05) is 19.4 Å². The largest absolute Gasteiger partial charge is 0.481 e. The average molecular weight is 298 g/mol. The number of aliphatic carboxylic acids is 1. The Morgan fingerprint density at radius 3 is 3.05 bits per heavy atom. The van der Waals surface area contributed by atoms with Crippen molar-refractivity contribution in [1.29, 1.82) is 5.26 Å². The van der Waals surface area contributed by atoms with Crippen molar-refractivity contribution in [2.75, 3.05) is 6.61 Å². The molecule has 0 bridgehead atoms. The molecule has 5 heteroatoms. The SMILES string of the molecule is CCCC1(CC(=O)O)OCCc2c1[nH]c1cccc(C#N)c21. The van der Waals surface area contributed by atoms with E-state index in [-0.39, 0.29) is 6.42 Å². The third-order valence-corrected chi connectivity index (χ3v) is 4.32. The maximum absolute atomic E-state index is 11.3. The molecular weight excluding hydrogens is 280 g/mol. The number of H-pyrrole nitrogens is 1. The molecule has 0 saturated carbocycles. The Morgan fingerprint density at radius 1 is 1.55 bits per heavy atom. The molecule has 1 atom stereocenters. The molecule has 1 aromatic heterocycles. The van der Waals surface area contributed by atoms with Gasteiger partial charge in [-0.3, -0.25) is 4.79 Å². The van der Waals surface area contributed by atoms with E-state index in [1.807, 2.05) is 19.1 Å². The van der Waals surface area contributed by atoms with E-state index in [9.17, 15) is 15.2 Å². The third kappa shape index (κ3) is 2.16. The number of carboxylic acids is 1. The number of nitrogens with one attached hydrogen (secondary N) is 1. The van der Waals surface area contributed by atoms with Crippen LogP contribution in [0, 0.1) is 11.3 Å². The molecule has 2 N–H and O–H groups in total. The van der Waals surface area contributed by atoms with Crippen LogP contribution in [0.15, 0.2) is 18.2 Å². The number of carboxylic acid groups (broad SMARTS) is 1. The third-order valence-electron chi connectivity index (χ3n) is 4.32. The smallest absolute Gasteiger partial charge is 0.306 e. The Bertz CT molecular complexity index is 772. The van der Waals surface area contributed by atoms with Gasteiger partial charge < -0.3 is 14.8 Å². The Kier molecular flexibility index (Phi) is 3.63. The number of nitriles is 1. The topological polar surface area (TPSA) is 86.1 Å². The van der Waals surface area contributed by atoms with Gasteiger partial charge in [-0.05, 0) is 30.5 Å². The number of aromatic nitrogens is 1. The van der Waals surface area contributed by atoms with Crippen LogP contribution in [-0.4, -0.2) is 22.7 Å². The lowest BCUT2D eigenvalue weighted by molar-refractivity contribution is -0.149. The number of hydrogen-bond acceptors (Lipinski definition) is 3. The fraction of sp³-hybridized carbons (Fsp3) is 0.412. The molecule has 0 amide bonds. The summed E-state index contributed by atoms with van der Waals surface area (Å²) in [6.45, 7) is 2.50. The minimum absolute atomic E-state index is 0.0669. The maximum atomic E-state index is 11.3. The highest BCUT2D eigenvalue weighted by Gasteiger charge is 2.41. The van der Waals surface area contributed by atoms with Crippen LogP contribution in [0.3, 0.4) is 0 Å². The van der Waals surface area contributed by atoms with Gasteiger partial charge in [-0.2, -0.15) is 5.26 Å². The zero-order valence-corrected chi connectivity index (χ0v) is 12.5. The summed E-state index contributed by atoms with van der Waals surface area (Å²) < 4.78 is 5.95. The van der Waals surface area contributed by atoms with Gasteiger partial charge >= 0.3 is 5.97 Å². The number of ether oxygens (including phenoxy) is 1. The van der Waals surface area contributed by atoms with Gasteiger partial charge in [0.25, 0.3) is 0 Å². The highest BCUT2D eigenvalue weighted by atomic mass is 16.5. The lowest BCUT2D eigenvalue weighted by Crippen LogP contribution is -2.37. The molecule has 2 heterocycles. The first-order chi connectivity index (χ1) is 10.6. The predicted molar refractivity (Wildman–Crippen MR) is 81.5 cm³/mol. The van der Waals surface area contributed by atoms with E-state index in [1.165, 1.54) is 0 Å². The number of benzene rings is 1. The molecule has 3 rings (SSSR count). The fourth-order valence-corrected chi connectivity index (χ4v) is 3.54. The van der Waals surface area contributed by atoms with Crippen LogP contribution in [0.25, 0.3) is 10.9 Å². The van der Waals surface area contributed by atoms with Crippen molar-refractivity contribution in [2.24, 2.45) is 0 Å². The fourth-order valence-electron chi connectivity index (χ4n) is 3.54. The second-order valence-corrected chi connectivity index (χ2v) is 5.73. The molecule has 0 spiro atoms. The standard InChI is InChI=1S/C17H18N2O3/c1-2-7-17(9-14(20)21)16-12(6-8-22-17)15-11(10-18)4-3-5-13(15)19-16/h3-5,19H,2,6-9H2,1H3,(H,20,21). The molecular formula is C17H18N2O3. The predicted octanol–water partition coefficient (Wildman–Crippen LogP) is 3.08. The second-order valence-electron chi connectivity index (χ2n) is 5.73. The maximum Gasteiger partial charge on any atom is 0.306 e. The molecule has 2 aromatic rings. The summed E-state index contributed by atoms with van der Waals surface area (Å²) >= 11 is 0. The number of hydrogen-bond donors (Lipinski definition) is 2. The van der Waals surface area contributed by atoms with E-state index in [0.717, 1.165) is 28.6 Å². The molecule has 114 valence electrons. The van der Waals surface area contributed by atoms with Crippen molar-refractivity contribution in [2.45, 2.75) is 38.2 Å². The Morgan fingerprint density at radius 2 is 2.36 bits per heavy atom. The van der Waals surface area contributed by atoms with Crippen LogP contribution >= 0.6 is 0 Å². The Hall–Kier alpha value is -2.32. The summed E-state index contributed by atoms with van der Waals surface area (Å²) in [6, 6.07) is 7.78. The highest BCUT2D eigenvalue weighted by Crippen LogP contribution is 2.42. The molecule has 1 unspecified atom stereocenters. The number of carbonyl (C=O) groups is 1. The molecule has 0 saturated heterocycles. The van der Waals surface area contributed by atoms with Gasteiger partial charge in [0.05, 0.1) is 30.4 Å². The van der Waals surface area contributed by atoms with Crippen LogP contribution in [0.2, 0.25) is 0 Å². The number of fused-ring (bicyclic) bond motifs is 3. The molecule has 1 aliphatic rings. The van der Waals surface area contributed by atoms with Crippen LogP contribution in [-0.2, 0) is 21.6 Å². The van der Waals surface area contributed by atoms with Crippen LogP contribution in [0.4, 0.5) is 0 Å². The van der Waals surface area contributed by atoms with E-state index in [1.54, 1.807) is 6.07 Å². The first-order valence-electron chi connectivity index (χ1n) is 7.51. The molecule has 22 heavy (non-hydrogen) atoms. The van der Waals surface area contributed by atoms with Gasteiger partial charge in [0.1, 0.15) is 5.60 Å². The van der Waals surface area contributed by atoms with Gasteiger partial charge in [0.15, 0.2) is 0 Å². The van der Waals surface area contributed by atoms with Crippen molar-refractivity contribution < 1.29 is 14.6 Å². The summed E-state index contributed by atoms with van der Waals surface area (Å²) in [5.74, 6) is -0.875. The van der Waals surface area contributed by atoms with Gasteiger partial charge in [0, 0.05) is 10.9 Å². The molecule has 0 radical (unpaired) electrons. The zero-order valence-electron chi connectivity index (χ0n) is 12.5. The number of aromatic amines is 1. The summed E-state index contributed by atoms with van der Waals surface area (Å²) in [5, 5.41) is 19.6. The first kappa shape index (κ1) is 14.6. The minimum Gasteiger partial charge on any atom is -0.481 e. The van der Waals surface area contributed by atoms with Crippen molar-refractivity contribution in [3.05, 3.63) is 35.0 Å². The quantitative estimate of drug-likeness (QED) is 0.908. The molecule has 0 aliphatic carbocycles. The summed E-state index contributed by atoms with van der Waals surface area (Å²) in [5.41, 5.74) is 2.55. The minimum atomic E-state index is -0.875. The number of nitrogens with zero attached hydrogens (tertiary/aromatic N) is 1. The van der Waals surface area contributed by atoms with E-state index in [0.29, 0.717) is 25.0 Å². The normalized spacial score (nSPS) is 20.5. The van der Waals surface area contributed by atoms with Crippen molar-refractivity contribution >= 4 is 16.9 Å². The molecule has 0 fully saturated rings.